The zero-order chi connectivity index (χ0) is 20.4. The molecule has 0 amide bonds. The summed E-state index contributed by atoms with van der Waals surface area (Å²) in [4.78, 5) is 3.73. The lowest BCUT2D eigenvalue weighted by Crippen LogP contribution is -2.43. The Morgan fingerprint density at radius 1 is 1.17 bits per heavy atom. The molecule has 1 fully saturated rings. The Labute approximate surface area is 178 Å². The monoisotopic (exact) mass is 413 g/mol. The second-order valence-electron chi connectivity index (χ2n) is 8.82. The molecule has 0 bridgehead atoms. The number of nitrogens with zero attached hydrogens (tertiary/aromatic N) is 1. The first-order chi connectivity index (χ1) is 14.0. The van der Waals surface area contributed by atoms with Crippen molar-refractivity contribution < 1.29 is 9.13 Å². The first-order valence-electron chi connectivity index (χ1n) is 10.9. The van der Waals surface area contributed by atoms with Gasteiger partial charge in [0.15, 0.2) is 0 Å². The number of hydrogen-bond donors (Lipinski definition) is 0. The lowest BCUT2D eigenvalue weighted by Gasteiger charge is -2.38. The molecule has 4 heteroatoms. The maximum atomic E-state index is 14.4. The molecule has 0 unspecified atom stereocenters. The summed E-state index contributed by atoms with van der Waals surface area (Å²) in [7, 11) is 0. The number of hydrogen-bond acceptors (Lipinski definition) is 3. The molecule has 2 aromatic carbocycles. The SMILES string of the molecule is CCCN1CCC2(CC1)COc1cc(SCc3c(F)cccc3C(C)C)ccc12. The van der Waals surface area contributed by atoms with Crippen molar-refractivity contribution in [1.29, 1.82) is 0 Å². The molecule has 2 nitrogen and oxygen atoms in total. The fraction of sp³-hybridized carbons (Fsp3) is 0.520. The smallest absolute Gasteiger partial charge is 0.127 e. The van der Waals surface area contributed by atoms with E-state index < -0.39 is 0 Å². The van der Waals surface area contributed by atoms with Crippen LogP contribution in [-0.4, -0.2) is 31.1 Å². The van der Waals surface area contributed by atoms with Crippen molar-refractivity contribution in [3.63, 3.8) is 0 Å². The lowest BCUT2D eigenvalue weighted by molar-refractivity contribution is 0.135. The van der Waals surface area contributed by atoms with Crippen LogP contribution in [0.2, 0.25) is 0 Å². The van der Waals surface area contributed by atoms with Crippen molar-refractivity contribution in [2.75, 3.05) is 26.2 Å². The van der Waals surface area contributed by atoms with Gasteiger partial charge in [-0.3, -0.25) is 0 Å². The third-order valence-corrected chi connectivity index (χ3v) is 7.56. The second kappa shape index (κ2) is 8.69. The highest BCUT2D eigenvalue weighted by molar-refractivity contribution is 7.98. The topological polar surface area (TPSA) is 12.5 Å². The summed E-state index contributed by atoms with van der Waals surface area (Å²) in [6.45, 7) is 10.8. The highest BCUT2D eigenvalue weighted by atomic mass is 32.2. The van der Waals surface area contributed by atoms with Gasteiger partial charge in [-0.25, -0.2) is 4.39 Å². The maximum absolute atomic E-state index is 14.4. The molecule has 2 aromatic rings. The Hall–Kier alpha value is -1.52. The Balaban J connectivity index is 1.47. The zero-order valence-corrected chi connectivity index (χ0v) is 18.7. The van der Waals surface area contributed by atoms with Crippen LogP contribution in [0.1, 0.15) is 62.6 Å². The van der Waals surface area contributed by atoms with Crippen LogP contribution >= 0.6 is 11.8 Å². The van der Waals surface area contributed by atoms with E-state index in [1.54, 1.807) is 17.8 Å². The van der Waals surface area contributed by atoms with E-state index in [2.05, 4.69) is 43.9 Å². The van der Waals surface area contributed by atoms with E-state index in [9.17, 15) is 4.39 Å². The van der Waals surface area contributed by atoms with Gasteiger partial charge in [0.2, 0.25) is 0 Å². The molecule has 0 atom stereocenters. The predicted octanol–water partition coefficient (Wildman–Crippen LogP) is 6.38. The van der Waals surface area contributed by atoms with Gasteiger partial charge in [0.25, 0.3) is 0 Å². The Morgan fingerprint density at radius 3 is 2.69 bits per heavy atom. The Bertz CT molecular complexity index is 858. The third-order valence-electron chi connectivity index (χ3n) is 6.54. The molecule has 156 valence electrons. The molecule has 1 saturated heterocycles. The number of benzene rings is 2. The Kier molecular flexibility index (Phi) is 6.21. The molecule has 29 heavy (non-hydrogen) atoms. The molecule has 0 radical (unpaired) electrons. The summed E-state index contributed by atoms with van der Waals surface area (Å²) in [5.41, 5.74) is 3.51. The fourth-order valence-electron chi connectivity index (χ4n) is 4.80. The van der Waals surface area contributed by atoms with Crippen molar-refractivity contribution in [3.8, 4) is 5.75 Å². The van der Waals surface area contributed by atoms with Gasteiger partial charge in [0.1, 0.15) is 11.6 Å². The maximum Gasteiger partial charge on any atom is 0.127 e. The first-order valence-corrected chi connectivity index (χ1v) is 11.9. The summed E-state index contributed by atoms with van der Waals surface area (Å²) in [5.74, 6) is 1.91. The molecule has 1 spiro atoms. The van der Waals surface area contributed by atoms with Crippen LogP contribution in [0.15, 0.2) is 41.3 Å². The molecule has 0 aliphatic carbocycles. The number of thioether (sulfide) groups is 1. The van der Waals surface area contributed by atoms with E-state index in [1.165, 1.54) is 44.5 Å². The standard InChI is InChI=1S/C25H32FNOS/c1-4-12-27-13-10-25(11-14-27)17-28-24-15-19(8-9-22(24)25)29-16-21-20(18(2)3)6-5-7-23(21)26/h5-9,15,18H,4,10-14,16-17H2,1-3H3. The molecule has 0 aromatic heterocycles. The van der Waals surface area contributed by atoms with Gasteiger partial charge < -0.3 is 9.64 Å². The largest absolute Gasteiger partial charge is 0.492 e. The number of halogens is 1. The van der Waals surface area contributed by atoms with Crippen molar-refractivity contribution in [1.82, 2.24) is 4.90 Å². The molecule has 0 N–H and O–H groups in total. The van der Waals surface area contributed by atoms with Crippen LogP contribution in [0, 0.1) is 5.82 Å². The molecular formula is C25H32FNOS. The highest BCUT2D eigenvalue weighted by Gasteiger charge is 2.42. The van der Waals surface area contributed by atoms with Crippen LogP contribution in [0.3, 0.4) is 0 Å². The van der Waals surface area contributed by atoms with E-state index in [4.69, 9.17) is 4.74 Å². The van der Waals surface area contributed by atoms with Gasteiger partial charge in [-0.15, -0.1) is 11.8 Å². The van der Waals surface area contributed by atoms with Crippen LogP contribution in [0.5, 0.6) is 5.75 Å². The Morgan fingerprint density at radius 2 is 1.97 bits per heavy atom. The normalized spacial score (nSPS) is 18.2. The van der Waals surface area contributed by atoms with Crippen molar-refractivity contribution in [2.45, 2.75) is 62.0 Å². The van der Waals surface area contributed by atoms with Gasteiger partial charge in [-0.2, -0.15) is 0 Å². The lowest BCUT2D eigenvalue weighted by atomic mass is 9.74. The first kappa shape index (κ1) is 20.7. The molecule has 4 rings (SSSR count). The van der Waals surface area contributed by atoms with Crippen LogP contribution < -0.4 is 4.74 Å². The number of rotatable bonds is 6. The quantitative estimate of drug-likeness (QED) is 0.510. The zero-order valence-electron chi connectivity index (χ0n) is 17.8. The molecular weight excluding hydrogens is 381 g/mol. The summed E-state index contributed by atoms with van der Waals surface area (Å²) in [6, 6.07) is 12.1. The number of likely N-dealkylation sites (tertiary alicyclic amines) is 1. The second-order valence-corrected chi connectivity index (χ2v) is 9.87. The minimum atomic E-state index is -0.0982. The molecule has 0 saturated carbocycles. The number of fused-ring (bicyclic) bond motifs is 2. The van der Waals surface area contributed by atoms with Crippen LogP contribution in [-0.2, 0) is 11.2 Å². The molecule has 2 aliphatic rings. The number of piperidine rings is 1. The minimum absolute atomic E-state index is 0.0982. The van der Waals surface area contributed by atoms with Crippen molar-refractivity contribution in [2.24, 2.45) is 0 Å². The van der Waals surface area contributed by atoms with Gasteiger partial charge in [0, 0.05) is 27.2 Å². The van der Waals surface area contributed by atoms with Gasteiger partial charge >= 0.3 is 0 Å². The highest BCUT2D eigenvalue weighted by Crippen LogP contribution is 2.47. The van der Waals surface area contributed by atoms with Gasteiger partial charge in [0.05, 0.1) is 6.61 Å². The van der Waals surface area contributed by atoms with E-state index in [-0.39, 0.29) is 11.2 Å². The van der Waals surface area contributed by atoms with Crippen LogP contribution in [0.4, 0.5) is 4.39 Å². The molecule has 2 heterocycles. The summed E-state index contributed by atoms with van der Waals surface area (Å²) < 4.78 is 20.6. The van der Waals surface area contributed by atoms with Gasteiger partial charge in [-0.1, -0.05) is 39.0 Å². The van der Waals surface area contributed by atoms with E-state index in [0.29, 0.717) is 11.7 Å². The summed E-state index contributed by atoms with van der Waals surface area (Å²) in [5, 5.41) is 0. The fourth-order valence-corrected chi connectivity index (χ4v) is 5.77. The average Bonchev–Trinajstić information content (AvgIpc) is 3.06. The summed E-state index contributed by atoms with van der Waals surface area (Å²) in [6.07, 6.45) is 3.58. The van der Waals surface area contributed by atoms with E-state index >= 15 is 0 Å². The van der Waals surface area contributed by atoms with Gasteiger partial charge in [-0.05, 0) is 68.6 Å². The molecule has 2 aliphatic heterocycles. The van der Waals surface area contributed by atoms with Crippen molar-refractivity contribution >= 4 is 11.8 Å². The van der Waals surface area contributed by atoms with Crippen LogP contribution in [0.25, 0.3) is 0 Å². The predicted molar refractivity (Wildman–Crippen MR) is 120 cm³/mol. The summed E-state index contributed by atoms with van der Waals surface area (Å²) >= 11 is 1.70. The third kappa shape index (κ3) is 4.20. The van der Waals surface area contributed by atoms with Crippen molar-refractivity contribution in [3.05, 3.63) is 58.9 Å². The average molecular weight is 414 g/mol. The van der Waals surface area contributed by atoms with E-state index in [1.807, 2.05) is 12.1 Å². The number of ether oxygens (including phenoxy) is 1. The van der Waals surface area contributed by atoms with E-state index in [0.717, 1.165) is 28.4 Å². The minimum Gasteiger partial charge on any atom is -0.492 e.